The van der Waals surface area contributed by atoms with E-state index in [1.807, 2.05) is 0 Å². The van der Waals surface area contributed by atoms with Gasteiger partial charge in [0.1, 0.15) is 40.9 Å². The van der Waals surface area contributed by atoms with Gasteiger partial charge in [-0.1, -0.05) is 23.4 Å². The summed E-state index contributed by atoms with van der Waals surface area (Å²) in [6.45, 7) is 3.54. The Bertz CT molecular complexity index is 1860. The van der Waals surface area contributed by atoms with E-state index in [4.69, 9.17) is 0 Å². The number of tetrazole rings is 1. The van der Waals surface area contributed by atoms with E-state index in [0.717, 1.165) is 11.8 Å². The van der Waals surface area contributed by atoms with Crippen molar-refractivity contribution in [2.24, 2.45) is 5.41 Å². The molecule has 0 aliphatic rings. The third-order valence-corrected chi connectivity index (χ3v) is 8.79. The van der Waals surface area contributed by atoms with Gasteiger partial charge >= 0.3 is 0 Å². The maximum absolute atomic E-state index is 14.7. The zero-order valence-corrected chi connectivity index (χ0v) is 31.9. The Kier molecular flexibility index (Phi) is 16.2. The summed E-state index contributed by atoms with van der Waals surface area (Å²) < 4.78 is 14.7. The molecule has 0 aliphatic heterocycles. The molecule has 0 radical (unpaired) electrons. The first-order valence-corrected chi connectivity index (χ1v) is 17.6. The first-order valence-electron chi connectivity index (χ1n) is 17.6. The molecule has 2 heterocycles. The second-order valence-corrected chi connectivity index (χ2v) is 13.7. The van der Waals surface area contributed by atoms with Crippen molar-refractivity contribution in [1.29, 1.82) is 0 Å². The fourth-order valence-electron chi connectivity index (χ4n) is 5.17. The zero-order valence-electron chi connectivity index (χ0n) is 31.9. The Morgan fingerprint density at radius 2 is 1.51 bits per heavy atom. The maximum Gasteiger partial charge on any atom is 0.246 e. The van der Waals surface area contributed by atoms with Gasteiger partial charge < -0.3 is 52.4 Å². The number of carbonyl (C=O) groups is 7. The molecular weight excluding hydrogens is 753 g/mol. The van der Waals surface area contributed by atoms with Crippen molar-refractivity contribution in [1.82, 2.24) is 67.8 Å². The van der Waals surface area contributed by atoms with E-state index < -0.39 is 102 Å². The summed E-state index contributed by atoms with van der Waals surface area (Å²) >= 11 is 0. The largest absolute Gasteiger partial charge is 0.394 e. The number of nitrogens with one attached hydrogen (secondary N) is 9. The van der Waals surface area contributed by atoms with E-state index in [2.05, 4.69) is 67.8 Å². The topological polar surface area (TPSA) is 327 Å². The normalized spacial score (nSPS) is 14.4. The summed E-state index contributed by atoms with van der Waals surface area (Å²) in [5.41, 5.74) is -2.93. The van der Waals surface area contributed by atoms with Crippen LogP contribution in [0.25, 0.3) is 0 Å². The molecule has 0 saturated heterocycles. The van der Waals surface area contributed by atoms with E-state index in [-0.39, 0.29) is 24.4 Å². The number of imidazole rings is 1. The molecule has 5 atom stereocenters. The van der Waals surface area contributed by atoms with Crippen molar-refractivity contribution < 1.29 is 48.2 Å². The van der Waals surface area contributed by atoms with Crippen LogP contribution >= 0.6 is 0 Å². The molecule has 11 N–H and O–H groups in total. The van der Waals surface area contributed by atoms with Crippen LogP contribution in [0.1, 0.15) is 44.8 Å². The van der Waals surface area contributed by atoms with Crippen molar-refractivity contribution >= 4 is 41.4 Å². The molecule has 2 aromatic heterocycles. The van der Waals surface area contributed by atoms with E-state index in [1.165, 1.54) is 59.3 Å². The number of hydrogen-bond donors (Lipinski definition) is 11. The number of aliphatic hydroxyl groups excluding tert-OH is 2. The molecule has 3 aromatic rings. The summed E-state index contributed by atoms with van der Waals surface area (Å²) in [5.74, 6) is -6.96. The van der Waals surface area contributed by atoms with Gasteiger partial charge in [-0.15, -0.1) is 10.2 Å². The Morgan fingerprint density at radius 3 is 2.11 bits per heavy atom. The highest BCUT2D eigenvalue weighted by Gasteiger charge is 2.41. The number of likely N-dealkylation sites (N-methyl/N-ethyl adjacent to an activating group) is 1. The highest BCUT2D eigenvalue weighted by atomic mass is 19.1. The van der Waals surface area contributed by atoms with E-state index in [1.54, 1.807) is 6.20 Å². The summed E-state index contributed by atoms with van der Waals surface area (Å²) in [5, 5.41) is 49.8. The first kappa shape index (κ1) is 45.0. The van der Waals surface area contributed by atoms with Crippen molar-refractivity contribution in [3.05, 3.63) is 59.7 Å². The highest BCUT2D eigenvalue weighted by Crippen LogP contribution is 2.19. The second kappa shape index (κ2) is 20.5. The Labute approximate surface area is 325 Å². The zero-order chi connectivity index (χ0) is 42.3. The molecule has 0 saturated carbocycles. The van der Waals surface area contributed by atoms with Gasteiger partial charge in [0.05, 0.1) is 19.5 Å². The van der Waals surface area contributed by atoms with Crippen LogP contribution in [-0.4, -0.2) is 139 Å². The van der Waals surface area contributed by atoms with Gasteiger partial charge in [-0.25, -0.2) is 9.37 Å². The van der Waals surface area contributed by atoms with Gasteiger partial charge in [-0.2, -0.15) is 5.21 Å². The number of rotatable bonds is 21. The average molecular weight is 802 g/mol. The lowest BCUT2D eigenvalue weighted by Crippen LogP contribution is -2.65. The monoisotopic (exact) mass is 801 g/mol. The van der Waals surface area contributed by atoms with Gasteiger partial charge in [0.2, 0.25) is 41.4 Å². The standard InChI is InChI=1S/C34H48FN13O9/c1-18(40-28(53)22(12-25-45-47-48-46-25)42-31(56)33(2,3)30(55)38-11-10-20-14-37-17-39-20)26(51)41-24(16-50)29(54)44-34(4,13-19-8-6-7-9-21(19)35)32(57)43-23(15-49)27(52)36-5/h6-9,14,17-18,22-24,49-50H,10-13,15-16H2,1-5H3,(H,36,52)(H,37,39)(H,38,55)(H,40,53)(H,41,51)(H,42,56)(H,43,57)(H,44,54)(H,45,46,47,48)/t18-,22+,23+,24+,34+/m1/s1. The van der Waals surface area contributed by atoms with Crippen molar-refractivity contribution in [3.8, 4) is 0 Å². The minimum Gasteiger partial charge on any atom is -0.394 e. The van der Waals surface area contributed by atoms with Gasteiger partial charge in [-0.05, 0) is 39.3 Å². The Balaban J connectivity index is 1.72. The number of aromatic nitrogens is 6. The van der Waals surface area contributed by atoms with Crippen LogP contribution in [-0.2, 0) is 52.8 Å². The molecule has 3 rings (SSSR count). The Morgan fingerprint density at radius 1 is 0.842 bits per heavy atom. The smallest absolute Gasteiger partial charge is 0.246 e. The van der Waals surface area contributed by atoms with Crippen LogP contribution in [0.4, 0.5) is 4.39 Å². The van der Waals surface area contributed by atoms with Crippen LogP contribution in [0.5, 0.6) is 0 Å². The summed E-state index contributed by atoms with van der Waals surface area (Å²) in [7, 11) is 1.27. The average Bonchev–Trinajstić information content (AvgIpc) is 3.91. The van der Waals surface area contributed by atoms with Crippen LogP contribution in [0, 0.1) is 11.2 Å². The minimum atomic E-state index is -2.01. The fraction of sp³-hybridized carbons (Fsp3) is 0.500. The predicted octanol–water partition coefficient (Wildman–Crippen LogP) is -4.20. The first-order chi connectivity index (χ1) is 26.9. The van der Waals surface area contributed by atoms with Gasteiger partial charge in [0.25, 0.3) is 0 Å². The van der Waals surface area contributed by atoms with Gasteiger partial charge in [0.15, 0.2) is 5.82 Å². The number of halogens is 1. The second-order valence-electron chi connectivity index (χ2n) is 13.7. The molecule has 23 heteroatoms. The van der Waals surface area contributed by atoms with Gasteiger partial charge in [0, 0.05) is 44.7 Å². The molecule has 7 amide bonds. The molecule has 0 fully saturated rings. The lowest BCUT2D eigenvalue weighted by atomic mass is 9.90. The lowest BCUT2D eigenvalue weighted by molar-refractivity contribution is -0.143. The Hall–Kier alpha value is -6.36. The van der Waals surface area contributed by atoms with Crippen molar-refractivity contribution in [2.45, 2.75) is 76.7 Å². The van der Waals surface area contributed by atoms with Crippen LogP contribution in [0.2, 0.25) is 0 Å². The third-order valence-electron chi connectivity index (χ3n) is 8.79. The molecule has 0 aliphatic carbocycles. The number of benzene rings is 1. The van der Waals surface area contributed by atoms with E-state index >= 15 is 0 Å². The predicted molar refractivity (Wildman–Crippen MR) is 195 cm³/mol. The number of carbonyl (C=O) groups excluding carboxylic acids is 7. The minimum absolute atomic E-state index is 0.00590. The number of aliphatic hydroxyl groups is 2. The molecular formula is C34H48FN13O9. The molecule has 57 heavy (non-hydrogen) atoms. The molecule has 22 nitrogen and oxygen atoms in total. The molecule has 0 spiro atoms. The molecule has 0 bridgehead atoms. The number of aromatic amines is 2. The van der Waals surface area contributed by atoms with Crippen LogP contribution < -0.4 is 37.2 Å². The number of H-pyrrole nitrogens is 2. The van der Waals surface area contributed by atoms with E-state index in [9.17, 15) is 48.2 Å². The summed E-state index contributed by atoms with van der Waals surface area (Å²) in [6, 6.07) is -0.612. The van der Waals surface area contributed by atoms with Crippen molar-refractivity contribution in [3.63, 3.8) is 0 Å². The number of hydrogen-bond acceptors (Lipinski definition) is 13. The highest BCUT2D eigenvalue weighted by molar-refractivity contribution is 6.05. The van der Waals surface area contributed by atoms with Gasteiger partial charge in [-0.3, -0.25) is 33.6 Å². The van der Waals surface area contributed by atoms with Crippen LogP contribution in [0.15, 0.2) is 36.8 Å². The lowest BCUT2D eigenvalue weighted by Gasteiger charge is -2.33. The molecule has 310 valence electrons. The van der Waals surface area contributed by atoms with Crippen LogP contribution in [0.3, 0.4) is 0 Å². The van der Waals surface area contributed by atoms with Crippen molar-refractivity contribution in [2.75, 3.05) is 26.8 Å². The third kappa shape index (κ3) is 12.6. The number of nitrogens with zero attached hydrogens (tertiary/aromatic N) is 4. The summed E-state index contributed by atoms with van der Waals surface area (Å²) in [6.07, 6.45) is 2.71. The SMILES string of the molecule is CNC(=O)[C@H](CO)NC(=O)[C@](C)(Cc1ccccc1F)NC(=O)[C@H](CO)NC(=O)[C@@H](C)NC(=O)[C@H](Cc1nn[nH]n1)NC(=O)C(C)(C)C(=O)NCCc1cnc[nH]1. The summed E-state index contributed by atoms with van der Waals surface area (Å²) in [4.78, 5) is 99.1. The number of amides is 7. The fourth-order valence-corrected chi connectivity index (χ4v) is 5.17. The molecule has 1 aromatic carbocycles. The van der Waals surface area contributed by atoms with E-state index in [0.29, 0.717) is 6.42 Å². The quantitative estimate of drug-likeness (QED) is 0.0456. The molecule has 0 unspecified atom stereocenters. The maximum atomic E-state index is 14.7.